The summed E-state index contributed by atoms with van der Waals surface area (Å²) in [6, 6.07) is 15.6. The Bertz CT molecular complexity index is 930. The molecule has 0 spiro atoms. The maximum atomic E-state index is 12.3. The molecule has 3 aromatic rings. The molecule has 132 valence electrons. The molecule has 0 bridgehead atoms. The van der Waals surface area contributed by atoms with Crippen LogP contribution in [0.3, 0.4) is 0 Å². The highest BCUT2D eigenvalue weighted by atomic mass is 35.5. The van der Waals surface area contributed by atoms with Gasteiger partial charge in [-0.2, -0.15) is 0 Å². The molecule has 1 amide bonds. The second-order valence-electron chi connectivity index (χ2n) is 5.34. The van der Waals surface area contributed by atoms with Crippen molar-refractivity contribution in [1.29, 1.82) is 0 Å². The summed E-state index contributed by atoms with van der Waals surface area (Å²) < 4.78 is 5.29. The van der Waals surface area contributed by atoms with Crippen molar-refractivity contribution in [1.82, 2.24) is 4.98 Å². The fraction of sp³-hybridized carbons (Fsp3) is 0.0526. The molecule has 0 aliphatic heterocycles. The van der Waals surface area contributed by atoms with Gasteiger partial charge in [-0.15, -0.1) is 0 Å². The molecule has 26 heavy (non-hydrogen) atoms. The van der Waals surface area contributed by atoms with Crippen LogP contribution in [-0.2, 0) is 0 Å². The number of aromatic nitrogens is 1. The van der Waals surface area contributed by atoms with E-state index in [0.717, 1.165) is 0 Å². The second kappa shape index (κ2) is 8.08. The average Bonchev–Trinajstić information content (AvgIpc) is 2.64. The van der Waals surface area contributed by atoms with Gasteiger partial charge in [0.05, 0.1) is 35.4 Å². The van der Waals surface area contributed by atoms with E-state index >= 15 is 0 Å². The van der Waals surface area contributed by atoms with Gasteiger partial charge >= 0.3 is 0 Å². The number of methoxy groups -OCH3 is 1. The smallest absolute Gasteiger partial charge is 0.274 e. The Labute approximate surface area is 160 Å². The molecule has 3 rings (SSSR count). The summed E-state index contributed by atoms with van der Waals surface area (Å²) >= 11 is 12.1. The largest absolute Gasteiger partial charge is 0.495 e. The third-order valence-corrected chi connectivity index (χ3v) is 4.12. The molecule has 0 unspecified atom stereocenters. The predicted octanol–water partition coefficient (Wildman–Crippen LogP) is 5.39. The number of carbonyl (C=O) groups excluding carboxylic acids is 1. The number of anilines is 3. The first-order valence-electron chi connectivity index (χ1n) is 7.69. The first-order chi connectivity index (χ1) is 12.6. The number of halogens is 2. The van der Waals surface area contributed by atoms with Crippen LogP contribution in [0.4, 0.5) is 17.1 Å². The van der Waals surface area contributed by atoms with Gasteiger partial charge in [0.1, 0.15) is 11.4 Å². The number of nitrogens with zero attached hydrogens (tertiary/aromatic N) is 1. The van der Waals surface area contributed by atoms with Gasteiger partial charge in [-0.05, 0) is 42.5 Å². The summed E-state index contributed by atoms with van der Waals surface area (Å²) in [6.45, 7) is 0. The maximum absolute atomic E-state index is 12.3. The zero-order valence-electron chi connectivity index (χ0n) is 13.8. The summed E-state index contributed by atoms with van der Waals surface area (Å²) in [5.41, 5.74) is 2.20. The van der Waals surface area contributed by atoms with E-state index in [4.69, 9.17) is 27.9 Å². The Morgan fingerprint density at radius 1 is 1.04 bits per heavy atom. The molecule has 1 aromatic heterocycles. The highest BCUT2D eigenvalue weighted by Gasteiger charge is 2.10. The lowest BCUT2D eigenvalue weighted by molar-refractivity contribution is 0.102. The Morgan fingerprint density at radius 3 is 2.54 bits per heavy atom. The third kappa shape index (κ3) is 4.25. The zero-order valence-corrected chi connectivity index (χ0v) is 15.3. The Kier molecular flexibility index (Phi) is 5.61. The van der Waals surface area contributed by atoms with Crippen molar-refractivity contribution in [2.75, 3.05) is 17.7 Å². The molecule has 0 saturated heterocycles. The number of pyridine rings is 1. The first kappa shape index (κ1) is 18.0. The number of amides is 1. The Balaban J connectivity index is 1.73. The van der Waals surface area contributed by atoms with Crippen LogP contribution in [0.5, 0.6) is 5.75 Å². The van der Waals surface area contributed by atoms with Gasteiger partial charge in [-0.25, -0.2) is 4.98 Å². The minimum atomic E-state index is -0.343. The van der Waals surface area contributed by atoms with E-state index in [9.17, 15) is 4.79 Å². The molecule has 1 heterocycles. The zero-order chi connectivity index (χ0) is 18.5. The van der Waals surface area contributed by atoms with E-state index in [1.54, 1.807) is 67.9 Å². The number of carbonyl (C=O) groups is 1. The molecule has 0 aliphatic rings. The minimum Gasteiger partial charge on any atom is -0.495 e. The van der Waals surface area contributed by atoms with Crippen LogP contribution < -0.4 is 15.4 Å². The molecule has 0 saturated carbocycles. The van der Waals surface area contributed by atoms with Crippen LogP contribution in [0, 0.1) is 0 Å². The molecule has 0 fully saturated rings. The van der Waals surface area contributed by atoms with Crippen molar-refractivity contribution in [3.05, 3.63) is 76.5 Å². The fourth-order valence-electron chi connectivity index (χ4n) is 2.28. The van der Waals surface area contributed by atoms with E-state index < -0.39 is 0 Å². The van der Waals surface area contributed by atoms with Crippen LogP contribution in [0.15, 0.2) is 60.8 Å². The molecule has 7 heteroatoms. The molecular formula is C19H15Cl2N3O2. The van der Waals surface area contributed by atoms with Gasteiger partial charge < -0.3 is 15.4 Å². The predicted molar refractivity (Wildman–Crippen MR) is 105 cm³/mol. The van der Waals surface area contributed by atoms with E-state index in [-0.39, 0.29) is 11.6 Å². The summed E-state index contributed by atoms with van der Waals surface area (Å²) in [5.74, 6) is 0.305. The molecule has 2 N–H and O–H groups in total. The molecule has 0 atom stereocenters. The Hall–Kier alpha value is -2.76. The molecule has 5 nitrogen and oxygen atoms in total. The van der Waals surface area contributed by atoms with Crippen LogP contribution >= 0.6 is 23.2 Å². The topological polar surface area (TPSA) is 63.2 Å². The third-order valence-electron chi connectivity index (χ3n) is 3.56. The molecule has 0 aliphatic carbocycles. The lowest BCUT2D eigenvalue weighted by Crippen LogP contribution is -2.13. The first-order valence-corrected chi connectivity index (χ1v) is 8.45. The number of benzene rings is 2. The fourth-order valence-corrected chi connectivity index (χ4v) is 2.64. The van der Waals surface area contributed by atoms with Gasteiger partial charge in [-0.3, -0.25) is 4.79 Å². The van der Waals surface area contributed by atoms with Gasteiger partial charge in [0.15, 0.2) is 0 Å². The highest BCUT2D eigenvalue weighted by Crippen LogP contribution is 2.30. The molecule has 2 aromatic carbocycles. The minimum absolute atomic E-state index is 0.272. The highest BCUT2D eigenvalue weighted by molar-refractivity contribution is 6.33. The number of hydrogen-bond acceptors (Lipinski definition) is 4. The van der Waals surface area contributed by atoms with Crippen LogP contribution in [-0.4, -0.2) is 18.0 Å². The van der Waals surface area contributed by atoms with Crippen molar-refractivity contribution < 1.29 is 9.53 Å². The number of nitrogens with one attached hydrogen (secondary N) is 2. The number of rotatable bonds is 5. The number of hydrogen-bond donors (Lipinski definition) is 2. The average molecular weight is 388 g/mol. The monoisotopic (exact) mass is 387 g/mol. The van der Waals surface area contributed by atoms with E-state index in [1.165, 1.54) is 0 Å². The van der Waals surface area contributed by atoms with Gasteiger partial charge in [0, 0.05) is 5.02 Å². The summed E-state index contributed by atoms with van der Waals surface area (Å²) in [7, 11) is 1.58. The second-order valence-corrected chi connectivity index (χ2v) is 6.18. The SMILES string of the molecule is COc1ccc(Cl)cc1Nc1ccc(C(=O)Nc2ccccc2Cl)nc1. The summed E-state index contributed by atoms with van der Waals surface area (Å²) in [5, 5.41) is 6.94. The van der Waals surface area contributed by atoms with Crippen molar-refractivity contribution in [3.8, 4) is 5.75 Å². The molecule has 0 radical (unpaired) electrons. The van der Waals surface area contributed by atoms with Crippen LogP contribution in [0.25, 0.3) is 0 Å². The quantitative estimate of drug-likeness (QED) is 0.615. The molecular weight excluding hydrogens is 373 g/mol. The van der Waals surface area contributed by atoms with Crippen molar-refractivity contribution in [3.63, 3.8) is 0 Å². The maximum Gasteiger partial charge on any atom is 0.274 e. The van der Waals surface area contributed by atoms with Crippen molar-refractivity contribution >= 4 is 46.2 Å². The number of ether oxygens (including phenoxy) is 1. The van der Waals surface area contributed by atoms with Gasteiger partial charge in [-0.1, -0.05) is 35.3 Å². The van der Waals surface area contributed by atoms with Crippen LogP contribution in [0.2, 0.25) is 10.0 Å². The lowest BCUT2D eigenvalue weighted by atomic mass is 10.2. The number of para-hydroxylation sites is 1. The van der Waals surface area contributed by atoms with E-state index in [0.29, 0.717) is 32.9 Å². The van der Waals surface area contributed by atoms with Crippen molar-refractivity contribution in [2.45, 2.75) is 0 Å². The standard InChI is InChI=1S/C19H15Cl2N3O2/c1-26-18-9-6-12(20)10-17(18)23-13-7-8-16(22-11-13)19(25)24-15-5-3-2-4-14(15)21/h2-11,23H,1H3,(H,24,25). The van der Waals surface area contributed by atoms with E-state index in [1.807, 2.05) is 0 Å². The van der Waals surface area contributed by atoms with Crippen molar-refractivity contribution in [2.24, 2.45) is 0 Å². The van der Waals surface area contributed by atoms with Gasteiger partial charge in [0.2, 0.25) is 0 Å². The lowest BCUT2D eigenvalue weighted by Gasteiger charge is -2.12. The normalized spacial score (nSPS) is 10.3. The Morgan fingerprint density at radius 2 is 1.85 bits per heavy atom. The summed E-state index contributed by atoms with van der Waals surface area (Å²) in [6.07, 6.45) is 1.56. The van der Waals surface area contributed by atoms with E-state index in [2.05, 4.69) is 15.6 Å². The van der Waals surface area contributed by atoms with Gasteiger partial charge in [0.25, 0.3) is 5.91 Å². The summed E-state index contributed by atoms with van der Waals surface area (Å²) in [4.78, 5) is 16.5. The van der Waals surface area contributed by atoms with Crippen LogP contribution in [0.1, 0.15) is 10.5 Å².